The van der Waals surface area contributed by atoms with E-state index in [0.29, 0.717) is 13.3 Å². The van der Waals surface area contributed by atoms with Crippen LogP contribution in [0.25, 0.3) is 0 Å². The van der Waals surface area contributed by atoms with Gasteiger partial charge >= 0.3 is 5.97 Å². The van der Waals surface area contributed by atoms with Gasteiger partial charge in [-0.3, -0.25) is 9.69 Å². The Kier molecular flexibility index (Phi) is 6.86. The fraction of sp³-hybridized carbons (Fsp3) is 0.455. The SMILES string of the molecule is COC(=O)CC(N)COCN1CCN(C2=Nc3ccccc3Nc3sc(C)cc32)CC1. The molecule has 1 unspecified atom stereocenters. The molecule has 0 radical (unpaired) electrons. The van der Waals surface area contributed by atoms with Crippen molar-refractivity contribution in [3.8, 4) is 0 Å². The zero-order valence-corrected chi connectivity index (χ0v) is 18.8. The molecule has 1 aromatic carbocycles. The third kappa shape index (κ3) is 5.24. The smallest absolute Gasteiger partial charge is 0.307 e. The molecule has 2 aliphatic heterocycles. The highest BCUT2D eigenvalue weighted by Gasteiger charge is 2.26. The first-order valence-electron chi connectivity index (χ1n) is 10.5. The highest BCUT2D eigenvalue weighted by molar-refractivity contribution is 7.16. The summed E-state index contributed by atoms with van der Waals surface area (Å²) >= 11 is 1.76. The van der Waals surface area contributed by atoms with Crippen LogP contribution < -0.4 is 11.1 Å². The van der Waals surface area contributed by atoms with E-state index in [4.69, 9.17) is 15.5 Å². The molecule has 0 spiro atoms. The van der Waals surface area contributed by atoms with E-state index in [1.807, 2.05) is 18.2 Å². The number of carbonyl (C=O) groups excluding carboxylic acids is 1. The number of nitrogens with two attached hydrogens (primary N) is 1. The summed E-state index contributed by atoms with van der Waals surface area (Å²) in [5.74, 6) is 0.713. The minimum atomic E-state index is -0.345. The van der Waals surface area contributed by atoms with Crippen molar-refractivity contribution in [1.82, 2.24) is 9.80 Å². The van der Waals surface area contributed by atoms with Crippen LogP contribution in [0.3, 0.4) is 0 Å². The normalized spacial score (nSPS) is 17.1. The number of piperazine rings is 1. The number of benzene rings is 1. The Morgan fingerprint density at radius 3 is 2.84 bits per heavy atom. The van der Waals surface area contributed by atoms with Crippen LogP contribution in [-0.2, 0) is 14.3 Å². The molecule has 3 heterocycles. The Balaban J connectivity index is 1.37. The molecule has 2 aromatic rings. The lowest BCUT2D eigenvalue weighted by molar-refractivity contribution is -0.141. The average Bonchev–Trinajstić information content (AvgIpc) is 3.05. The van der Waals surface area contributed by atoms with Crippen molar-refractivity contribution in [2.45, 2.75) is 19.4 Å². The fourth-order valence-corrected chi connectivity index (χ4v) is 4.69. The number of carbonyl (C=O) groups is 1. The number of ether oxygens (including phenoxy) is 2. The molecule has 8 nitrogen and oxygen atoms in total. The number of fused-ring (bicyclic) bond motifs is 2. The molecule has 1 atom stereocenters. The van der Waals surface area contributed by atoms with Gasteiger partial charge in [0, 0.05) is 37.1 Å². The minimum Gasteiger partial charge on any atom is -0.469 e. The molecular weight excluding hydrogens is 414 g/mol. The zero-order chi connectivity index (χ0) is 21.8. The van der Waals surface area contributed by atoms with Crippen molar-refractivity contribution in [3.05, 3.63) is 40.8 Å². The maximum absolute atomic E-state index is 11.3. The number of aliphatic imine (C=N–C) groups is 1. The number of rotatable bonds is 6. The Hall–Kier alpha value is -2.46. The fourth-order valence-electron chi connectivity index (χ4n) is 3.77. The summed E-state index contributed by atoms with van der Waals surface area (Å²) in [5.41, 5.74) is 9.08. The van der Waals surface area contributed by atoms with Crippen LogP contribution in [0.15, 0.2) is 35.3 Å². The Labute approximate surface area is 186 Å². The summed E-state index contributed by atoms with van der Waals surface area (Å²) < 4.78 is 10.4. The number of hydrogen-bond donors (Lipinski definition) is 2. The van der Waals surface area contributed by atoms with Crippen molar-refractivity contribution in [3.63, 3.8) is 0 Å². The van der Waals surface area contributed by atoms with Gasteiger partial charge in [0.1, 0.15) is 10.8 Å². The number of anilines is 2. The molecule has 0 saturated carbocycles. The third-order valence-electron chi connectivity index (χ3n) is 5.41. The predicted octanol–water partition coefficient (Wildman–Crippen LogP) is 2.67. The lowest BCUT2D eigenvalue weighted by Crippen LogP contribution is -2.49. The van der Waals surface area contributed by atoms with Gasteiger partial charge in [-0.15, -0.1) is 11.3 Å². The summed E-state index contributed by atoms with van der Waals surface area (Å²) in [6.45, 7) is 6.45. The molecule has 9 heteroatoms. The first-order chi connectivity index (χ1) is 15.0. The number of amidine groups is 1. The van der Waals surface area contributed by atoms with E-state index in [1.54, 1.807) is 11.3 Å². The second-order valence-electron chi connectivity index (χ2n) is 7.82. The van der Waals surface area contributed by atoms with E-state index >= 15 is 0 Å². The first kappa shape index (κ1) is 21.8. The van der Waals surface area contributed by atoms with Gasteiger partial charge in [0.15, 0.2) is 0 Å². The van der Waals surface area contributed by atoms with Crippen LogP contribution in [0, 0.1) is 6.92 Å². The van der Waals surface area contributed by atoms with Gasteiger partial charge in [0.05, 0.1) is 43.8 Å². The van der Waals surface area contributed by atoms with Gasteiger partial charge in [-0.2, -0.15) is 0 Å². The van der Waals surface area contributed by atoms with Crippen molar-refractivity contribution in [1.29, 1.82) is 0 Å². The minimum absolute atomic E-state index is 0.169. The number of para-hydroxylation sites is 2. The molecule has 4 rings (SSSR count). The number of nitrogens with one attached hydrogen (secondary N) is 1. The standard InChI is InChI=1S/C22H29N5O3S/c1-15-11-17-21(24-18-5-3-4-6-19(18)25-22(17)31-15)27-9-7-26(8-10-27)14-30-13-16(23)12-20(28)29-2/h3-6,11,16,25H,7-10,12-14,23H2,1-2H3. The highest BCUT2D eigenvalue weighted by Crippen LogP contribution is 2.39. The van der Waals surface area contributed by atoms with Crippen molar-refractivity contribution in [2.75, 3.05) is 51.9 Å². The van der Waals surface area contributed by atoms with Gasteiger partial charge in [0.2, 0.25) is 0 Å². The maximum atomic E-state index is 11.3. The average molecular weight is 444 g/mol. The first-order valence-corrected chi connectivity index (χ1v) is 11.3. The summed E-state index contributed by atoms with van der Waals surface area (Å²) in [4.78, 5) is 22.2. The molecule has 1 aromatic heterocycles. The van der Waals surface area contributed by atoms with Gasteiger partial charge in [0.25, 0.3) is 0 Å². The second kappa shape index (κ2) is 9.78. The van der Waals surface area contributed by atoms with Crippen LogP contribution in [0.4, 0.5) is 16.4 Å². The molecule has 1 fully saturated rings. The van der Waals surface area contributed by atoms with E-state index in [0.717, 1.165) is 54.0 Å². The predicted molar refractivity (Wildman–Crippen MR) is 124 cm³/mol. The van der Waals surface area contributed by atoms with Gasteiger partial charge in [-0.05, 0) is 25.1 Å². The van der Waals surface area contributed by atoms with Crippen LogP contribution >= 0.6 is 11.3 Å². The van der Waals surface area contributed by atoms with Gasteiger partial charge in [-0.25, -0.2) is 4.99 Å². The largest absolute Gasteiger partial charge is 0.469 e. The number of aryl methyl sites for hydroxylation is 1. The molecule has 2 aliphatic rings. The summed E-state index contributed by atoms with van der Waals surface area (Å²) in [7, 11) is 1.36. The van der Waals surface area contributed by atoms with Gasteiger partial charge < -0.3 is 25.4 Å². The zero-order valence-electron chi connectivity index (χ0n) is 18.0. The van der Waals surface area contributed by atoms with E-state index in [9.17, 15) is 4.79 Å². The van der Waals surface area contributed by atoms with Crippen LogP contribution in [0.5, 0.6) is 0 Å². The Morgan fingerprint density at radius 1 is 1.29 bits per heavy atom. The van der Waals surface area contributed by atoms with E-state index in [-0.39, 0.29) is 18.4 Å². The quantitative estimate of drug-likeness (QED) is 0.663. The van der Waals surface area contributed by atoms with Crippen LogP contribution in [-0.4, -0.2) is 74.3 Å². The third-order valence-corrected chi connectivity index (χ3v) is 6.37. The summed E-state index contributed by atoms with van der Waals surface area (Å²) in [6.07, 6.45) is 0.169. The molecule has 1 saturated heterocycles. The summed E-state index contributed by atoms with van der Waals surface area (Å²) in [6, 6.07) is 10.0. The lowest BCUT2D eigenvalue weighted by atomic mass is 10.2. The Bertz CT molecular complexity index is 952. The topological polar surface area (TPSA) is 92.4 Å². The molecule has 0 amide bonds. The second-order valence-corrected chi connectivity index (χ2v) is 9.08. The monoisotopic (exact) mass is 443 g/mol. The van der Waals surface area contributed by atoms with E-state index < -0.39 is 0 Å². The Morgan fingerprint density at radius 2 is 2.06 bits per heavy atom. The number of thiophene rings is 1. The maximum Gasteiger partial charge on any atom is 0.307 e. The lowest BCUT2D eigenvalue weighted by Gasteiger charge is -2.36. The molecule has 166 valence electrons. The summed E-state index contributed by atoms with van der Waals surface area (Å²) in [5, 5.41) is 4.70. The molecular formula is C22H29N5O3S. The number of methoxy groups -OCH3 is 1. The highest BCUT2D eigenvalue weighted by atomic mass is 32.1. The number of hydrogen-bond acceptors (Lipinski definition) is 9. The van der Waals surface area contributed by atoms with Gasteiger partial charge in [-0.1, -0.05) is 12.1 Å². The molecule has 31 heavy (non-hydrogen) atoms. The number of nitrogens with zero attached hydrogens (tertiary/aromatic N) is 3. The van der Waals surface area contributed by atoms with E-state index in [2.05, 4.69) is 38.9 Å². The van der Waals surface area contributed by atoms with Crippen LogP contribution in [0.1, 0.15) is 16.9 Å². The number of esters is 1. The van der Waals surface area contributed by atoms with Crippen molar-refractivity contribution < 1.29 is 14.3 Å². The molecule has 0 aliphatic carbocycles. The molecule has 3 N–H and O–H groups in total. The van der Waals surface area contributed by atoms with Crippen molar-refractivity contribution >= 4 is 39.5 Å². The van der Waals surface area contributed by atoms with Crippen molar-refractivity contribution in [2.24, 2.45) is 10.7 Å². The van der Waals surface area contributed by atoms with E-state index in [1.165, 1.54) is 12.0 Å². The van der Waals surface area contributed by atoms with Crippen LogP contribution in [0.2, 0.25) is 0 Å². The molecule has 0 bridgehead atoms.